The minimum Gasteiger partial charge on any atom is -0.388 e. The van der Waals surface area contributed by atoms with Crippen LogP contribution in [0.2, 0.25) is 0 Å². The lowest BCUT2D eigenvalue weighted by molar-refractivity contribution is 0.0456. The van der Waals surface area contributed by atoms with E-state index in [4.69, 9.17) is 0 Å². The Bertz CT molecular complexity index is 326. The van der Waals surface area contributed by atoms with E-state index >= 15 is 0 Å². The number of hydrogen-bond donors (Lipinski definition) is 3. The van der Waals surface area contributed by atoms with Gasteiger partial charge in [0.05, 0.1) is 5.60 Å². The number of aliphatic hydroxyl groups is 1. The van der Waals surface area contributed by atoms with Crippen LogP contribution < -0.4 is 10.6 Å². The zero-order valence-corrected chi connectivity index (χ0v) is 10.1. The molecule has 0 spiro atoms. The highest BCUT2D eigenvalue weighted by atomic mass is 16.3. The van der Waals surface area contributed by atoms with Gasteiger partial charge in [-0.25, -0.2) is 4.98 Å². The van der Waals surface area contributed by atoms with Crippen LogP contribution in [-0.4, -0.2) is 34.3 Å². The first-order valence-electron chi connectivity index (χ1n) is 5.60. The summed E-state index contributed by atoms with van der Waals surface area (Å²) in [5, 5.41) is 16.1. The van der Waals surface area contributed by atoms with Gasteiger partial charge in [-0.05, 0) is 18.9 Å². The number of rotatable bonds is 6. The highest BCUT2D eigenvalue weighted by molar-refractivity contribution is 5.39. The smallest absolute Gasteiger partial charge is 0.224 e. The van der Waals surface area contributed by atoms with Crippen molar-refractivity contribution in [2.45, 2.75) is 32.3 Å². The second-order valence-corrected chi connectivity index (χ2v) is 3.80. The van der Waals surface area contributed by atoms with E-state index in [1.54, 1.807) is 19.3 Å². The number of nitrogens with zero attached hydrogens (tertiary/aromatic N) is 2. The van der Waals surface area contributed by atoms with E-state index in [1.165, 1.54) is 0 Å². The van der Waals surface area contributed by atoms with Crippen molar-refractivity contribution in [1.29, 1.82) is 0 Å². The normalized spacial score (nSPS) is 11.2. The van der Waals surface area contributed by atoms with Gasteiger partial charge in [0.25, 0.3) is 0 Å². The Labute approximate surface area is 96.3 Å². The molecule has 5 heteroatoms. The topological polar surface area (TPSA) is 70.1 Å². The van der Waals surface area contributed by atoms with Crippen molar-refractivity contribution in [3.8, 4) is 0 Å². The first-order chi connectivity index (χ1) is 7.63. The fourth-order valence-electron chi connectivity index (χ4n) is 1.33. The van der Waals surface area contributed by atoms with Crippen molar-refractivity contribution in [3.05, 3.63) is 12.3 Å². The quantitative estimate of drug-likeness (QED) is 0.683. The number of anilines is 2. The maximum absolute atomic E-state index is 10.1. The molecule has 0 aliphatic carbocycles. The summed E-state index contributed by atoms with van der Waals surface area (Å²) in [5.41, 5.74) is -0.662. The summed E-state index contributed by atoms with van der Waals surface area (Å²) in [6, 6.07) is 1.78. The van der Waals surface area contributed by atoms with Crippen LogP contribution in [0.5, 0.6) is 0 Å². The molecule has 0 saturated heterocycles. The summed E-state index contributed by atoms with van der Waals surface area (Å²) in [5.74, 6) is 1.29. The van der Waals surface area contributed by atoms with Crippen LogP contribution in [0.4, 0.5) is 11.8 Å². The molecule has 90 valence electrons. The molecule has 0 radical (unpaired) electrons. The van der Waals surface area contributed by atoms with Crippen LogP contribution >= 0.6 is 0 Å². The van der Waals surface area contributed by atoms with Gasteiger partial charge in [-0.3, -0.25) is 0 Å². The largest absolute Gasteiger partial charge is 0.388 e. The maximum atomic E-state index is 10.1. The average molecular weight is 224 g/mol. The monoisotopic (exact) mass is 224 g/mol. The highest BCUT2D eigenvalue weighted by Gasteiger charge is 2.21. The van der Waals surface area contributed by atoms with Crippen molar-refractivity contribution in [1.82, 2.24) is 9.97 Å². The van der Waals surface area contributed by atoms with E-state index in [0.717, 1.165) is 18.7 Å². The third-order valence-electron chi connectivity index (χ3n) is 2.79. The lowest BCUT2D eigenvalue weighted by atomic mass is 9.98. The van der Waals surface area contributed by atoms with E-state index in [-0.39, 0.29) is 0 Å². The van der Waals surface area contributed by atoms with Crippen LogP contribution in [-0.2, 0) is 0 Å². The summed E-state index contributed by atoms with van der Waals surface area (Å²) >= 11 is 0. The van der Waals surface area contributed by atoms with E-state index in [0.29, 0.717) is 12.5 Å². The summed E-state index contributed by atoms with van der Waals surface area (Å²) < 4.78 is 0. The lowest BCUT2D eigenvalue weighted by Gasteiger charge is -2.25. The highest BCUT2D eigenvalue weighted by Crippen LogP contribution is 2.15. The molecule has 1 rings (SSSR count). The van der Waals surface area contributed by atoms with Gasteiger partial charge in [0, 0.05) is 19.8 Å². The summed E-state index contributed by atoms with van der Waals surface area (Å²) in [6.07, 6.45) is 3.12. The van der Waals surface area contributed by atoms with Gasteiger partial charge in [-0.15, -0.1) is 0 Å². The van der Waals surface area contributed by atoms with Crippen molar-refractivity contribution in [2.75, 3.05) is 24.2 Å². The van der Waals surface area contributed by atoms with Gasteiger partial charge in [0.1, 0.15) is 5.82 Å². The zero-order valence-electron chi connectivity index (χ0n) is 10.1. The summed E-state index contributed by atoms with van der Waals surface area (Å²) in [6.45, 7) is 4.45. The Kier molecular flexibility index (Phi) is 4.49. The molecule has 1 aromatic rings. The third kappa shape index (κ3) is 3.34. The predicted octanol–water partition coefficient (Wildman–Crippen LogP) is 1.48. The van der Waals surface area contributed by atoms with Gasteiger partial charge in [0.2, 0.25) is 5.95 Å². The Morgan fingerprint density at radius 2 is 2.06 bits per heavy atom. The molecule has 0 bridgehead atoms. The summed E-state index contributed by atoms with van der Waals surface area (Å²) in [4.78, 5) is 8.24. The molecule has 1 aromatic heterocycles. The van der Waals surface area contributed by atoms with E-state index in [9.17, 15) is 5.11 Å². The average Bonchev–Trinajstić information content (AvgIpc) is 2.36. The van der Waals surface area contributed by atoms with Crippen molar-refractivity contribution in [2.24, 2.45) is 0 Å². The molecule has 0 saturated carbocycles. The van der Waals surface area contributed by atoms with Crippen molar-refractivity contribution >= 4 is 11.8 Å². The Morgan fingerprint density at radius 1 is 1.38 bits per heavy atom. The molecule has 0 aliphatic rings. The van der Waals surface area contributed by atoms with Crippen molar-refractivity contribution in [3.63, 3.8) is 0 Å². The van der Waals surface area contributed by atoms with Gasteiger partial charge in [-0.1, -0.05) is 13.8 Å². The molecular weight excluding hydrogens is 204 g/mol. The minimum atomic E-state index is -0.662. The van der Waals surface area contributed by atoms with Crippen LogP contribution in [0.15, 0.2) is 12.3 Å². The fourth-order valence-corrected chi connectivity index (χ4v) is 1.33. The second kappa shape index (κ2) is 5.65. The third-order valence-corrected chi connectivity index (χ3v) is 2.79. The first kappa shape index (κ1) is 12.7. The number of hydrogen-bond acceptors (Lipinski definition) is 5. The molecule has 0 aliphatic heterocycles. The van der Waals surface area contributed by atoms with E-state index in [2.05, 4.69) is 20.6 Å². The number of nitrogens with one attached hydrogen (secondary N) is 2. The fraction of sp³-hybridized carbons (Fsp3) is 0.636. The zero-order chi connectivity index (χ0) is 12.0. The molecule has 16 heavy (non-hydrogen) atoms. The van der Waals surface area contributed by atoms with E-state index < -0.39 is 5.60 Å². The predicted molar refractivity (Wildman–Crippen MR) is 65.6 cm³/mol. The minimum absolute atomic E-state index is 0.500. The van der Waals surface area contributed by atoms with Crippen LogP contribution in [0, 0.1) is 0 Å². The molecule has 0 fully saturated rings. The molecule has 0 unspecified atom stereocenters. The number of aromatic nitrogens is 2. The summed E-state index contributed by atoms with van der Waals surface area (Å²) in [7, 11) is 1.77. The molecule has 0 atom stereocenters. The van der Waals surface area contributed by atoms with Gasteiger partial charge < -0.3 is 15.7 Å². The Hall–Kier alpha value is -1.36. The van der Waals surface area contributed by atoms with Gasteiger partial charge >= 0.3 is 0 Å². The van der Waals surface area contributed by atoms with Crippen molar-refractivity contribution < 1.29 is 5.11 Å². The molecular formula is C11H20N4O. The first-order valence-corrected chi connectivity index (χ1v) is 5.60. The van der Waals surface area contributed by atoms with Gasteiger partial charge in [-0.2, -0.15) is 4.98 Å². The Balaban J connectivity index is 2.60. The van der Waals surface area contributed by atoms with Crippen LogP contribution in [0.3, 0.4) is 0 Å². The molecule has 3 N–H and O–H groups in total. The standard InChI is InChI=1S/C11H20N4O/c1-4-11(16,5-2)8-14-9-6-7-13-10(12-3)15-9/h6-7,16H,4-5,8H2,1-3H3,(H2,12,13,14,15). The molecule has 1 heterocycles. The van der Waals surface area contributed by atoms with Gasteiger partial charge in [0.15, 0.2) is 0 Å². The SMILES string of the molecule is CCC(O)(CC)CNc1ccnc(NC)n1. The van der Waals surface area contributed by atoms with E-state index in [1.807, 2.05) is 13.8 Å². The Morgan fingerprint density at radius 3 is 2.62 bits per heavy atom. The maximum Gasteiger partial charge on any atom is 0.224 e. The molecule has 0 aromatic carbocycles. The second-order valence-electron chi connectivity index (χ2n) is 3.80. The lowest BCUT2D eigenvalue weighted by Crippen LogP contribution is -2.35. The van der Waals surface area contributed by atoms with Crippen LogP contribution in [0.25, 0.3) is 0 Å². The van der Waals surface area contributed by atoms with Crippen LogP contribution in [0.1, 0.15) is 26.7 Å². The molecule has 5 nitrogen and oxygen atoms in total. The molecule has 0 amide bonds.